The molecular formula is C16H31N3O. The minimum absolute atomic E-state index is 0.180. The van der Waals surface area contributed by atoms with Crippen molar-refractivity contribution in [3.05, 3.63) is 17.5 Å². The Balaban J connectivity index is 2.85. The quantitative estimate of drug-likeness (QED) is 0.756. The third-order valence-corrected chi connectivity index (χ3v) is 3.80. The Bertz CT molecular complexity index is 398. The van der Waals surface area contributed by atoms with Gasteiger partial charge >= 0.3 is 0 Å². The van der Waals surface area contributed by atoms with Crippen molar-refractivity contribution < 1.29 is 4.74 Å². The van der Waals surface area contributed by atoms with Crippen LogP contribution in [0.25, 0.3) is 0 Å². The molecule has 0 aliphatic rings. The van der Waals surface area contributed by atoms with Crippen molar-refractivity contribution in [1.82, 2.24) is 15.1 Å². The minimum atomic E-state index is -0.180. The van der Waals surface area contributed by atoms with Crippen molar-refractivity contribution in [2.45, 2.75) is 65.5 Å². The third kappa shape index (κ3) is 4.60. The zero-order valence-corrected chi connectivity index (χ0v) is 14.0. The average Bonchev–Trinajstić information content (AvgIpc) is 2.75. The van der Waals surface area contributed by atoms with Crippen LogP contribution in [-0.2, 0) is 24.6 Å². The molecule has 20 heavy (non-hydrogen) atoms. The van der Waals surface area contributed by atoms with Crippen molar-refractivity contribution in [2.24, 2.45) is 7.05 Å². The number of ether oxygens (including phenoxy) is 1. The van der Waals surface area contributed by atoms with Gasteiger partial charge in [-0.3, -0.25) is 4.68 Å². The van der Waals surface area contributed by atoms with E-state index < -0.39 is 0 Å². The molecule has 0 amide bonds. The van der Waals surface area contributed by atoms with Gasteiger partial charge in [0, 0.05) is 31.8 Å². The molecule has 1 unspecified atom stereocenters. The van der Waals surface area contributed by atoms with Crippen LogP contribution in [0.15, 0.2) is 6.07 Å². The molecule has 0 saturated carbocycles. The highest BCUT2D eigenvalue weighted by molar-refractivity contribution is 5.12. The number of rotatable bonds is 9. The van der Waals surface area contributed by atoms with Gasteiger partial charge in [-0.2, -0.15) is 5.10 Å². The van der Waals surface area contributed by atoms with Crippen LogP contribution in [0, 0.1) is 0 Å². The van der Waals surface area contributed by atoms with Gasteiger partial charge in [-0.1, -0.05) is 13.8 Å². The van der Waals surface area contributed by atoms with Crippen LogP contribution in [0.1, 0.15) is 52.4 Å². The van der Waals surface area contributed by atoms with Gasteiger partial charge in [0.25, 0.3) is 0 Å². The molecule has 1 atom stereocenters. The number of hydrogen-bond donors (Lipinski definition) is 1. The van der Waals surface area contributed by atoms with Crippen molar-refractivity contribution in [2.75, 3.05) is 13.2 Å². The topological polar surface area (TPSA) is 39.1 Å². The predicted molar refractivity (Wildman–Crippen MR) is 84.1 cm³/mol. The van der Waals surface area contributed by atoms with Gasteiger partial charge in [0.15, 0.2) is 0 Å². The van der Waals surface area contributed by atoms with E-state index in [0.29, 0.717) is 6.04 Å². The van der Waals surface area contributed by atoms with Gasteiger partial charge in [0.05, 0.1) is 11.3 Å². The summed E-state index contributed by atoms with van der Waals surface area (Å²) in [6.45, 7) is 12.5. The molecule has 4 nitrogen and oxygen atoms in total. The van der Waals surface area contributed by atoms with Crippen molar-refractivity contribution in [3.8, 4) is 0 Å². The fourth-order valence-electron chi connectivity index (χ4n) is 2.50. The highest BCUT2D eigenvalue weighted by Crippen LogP contribution is 2.19. The largest absolute Gasteiger partial charge is 0.374 e. The smallest absolute Gasteiger partial charge is 0.0782 e. The second kappa shape index (κ2) is 7.79. The van der Waals surface area contributed by atoms with E-state index >= 15 is 0 Å². The molecule has 4 heteroatoms. The Morgan fingerprint density at radius 1 is 1.35 bits per heavy atom. The van der Waals surface area contributed by atoms with E-state index in [9.17, 15) is 0 Å². The molecule has 0 aliphatic heterocycles. The molecule has 1 N–H and O–H groups in total. The van der Waals surface area contributed by atoms with Gasteiger partial charge in [-0.15, -0.1) is 0 Å². The summed E-state index contributed by atoms with van der Waals surface area (Å²) in [4.78, 5) is 0. The first kappa shape index (κ1) is 17.2. The van der Waals surface area contributed by atoms with Crippen molar-refractivity contribution in [1.29, 1.82) is 0 Å². The Morgan fingerprint density at radius 2 is 2.05 bits per heavy atom. The zero-order valence-electron chi connectivity index (χ0n) is 14.0. The summed E-state index contributed by atoms with van der Waals surface area (Å²) in [5.41, 5.74) is 2.25. The SMILES string of the molecule is CCCNC(Cc1cc(CC)nn1C)C(C)(C)OCC. The number of aryl methyl sites for hydroxylation is 2. The molecule has 1 aromatic heterocycles. The lowest BCUT2D eigenvalue weighted by Crippen LogP contribution is -2.50. The number of aromatic nitrogens is 2. The van der Waals surface area contributed by atoms with Gasteiger partial charge in [0.1, 0.15) is 0 Å². The highest BCUT2D eigenvalue weighted by atomic mass is 16.5. The zero-order chi connectivity index (χ0) is 15.2. The average molecular weight is 281 g/mol. The molecule has 1 rings (SSSR count). The van der Waals surface area contributed by atoms with E-state index in [0.717, 1.165) is 38.1 Å². The molecule has 1 heterocycles. The maximum absolute atomic E-state index is 5.94. The maximum Gasteiger partial charge on any atom is 0.0782 e. The van der Waals surface area contributed by atoms with Crippen LogP contribution >= 0.6 is 0 Å². The van der Waals surface area contributed by atoms with E-state index in [-0.39, 0.29) is 5.60 Å². The third-order valence-electron chi connectivity index (χ3n) is 3.80. The molecule has 0 aliphatic carbocycles. The number of nitrogens with one attached hydrogen (secondary N) is 1. The first-order chi connectivity index (χ1) is 9.44. The Hall–Kier alpha value is -0.870. The first-order valence-corrected chi connectivity index (χ1v) is 7.83. The summed E-state index contributed by atoms with van der Waals surface area (Å²) in [6, 6.07) is 2.50. The Labute approximate surface area is 123 Å². The molecule has 116 valence electrons. The summed E-state index contributed by atoms with van der Waals surface area (Å²) < 4.78 is 7.94. The summed E-state index contributed by atoms with van der Waals surface area (Å²) >= 11 is 0. The summed E-state index contributed by atoms with van der Waals surface area (Å²) in [5, 5.41) is 8.17. The van der Waals surface area contributed by atoms with Gasteiger partial charge in [-0.25, -0.2) is 0 Å². The molecule has 0 fully saturated rings. The molecule has 0 spiro atoms. The molecule has 0 aromatic carbocycles. The maximum atomic E-state index is 5.94. The Kier molecular flexibility index (Phi) is 6.69. The fourth-order valence-corrected chi connectivity index (χ4v) is 2.50. The van der Waals surface area contributed by atoms with E-state index in [1.54, 1.807) is 0 Å². The van der Waals surface area contributed by atoms with Crippen LogP contribution < -0.4 is 5.32 Å². The first-order valence-electron chi connectivity index (χ1n) is 7.83. The van der Waals surface area contributed by atoms with Crippen LogP contribution in [0.2, 0.25) is 0 Å². The Morgan fingerprint density at radius 3 is 2.55 bits per heavy atom. The molecule has 0 saturated heterocycles. The van der Waals surface area contributed by atoms with Crippen LogP contribution in [0.4, 0.5) is 0 Å². The molecule has 0 radical (unpaired) electrons. The molecule has 1 aromatic rings. The number of nitrogens with zero attached hydrogens (tertiary/aromatic N) is 2. The summed E-state index contributed by atoms with van der Waals surface area (Å²) in [7, 11) is 2.03. The second-order valence-electron chi connectivity index (χ2n) is 5.85. The van der Waals surface area contributed by atoms with E-state index in [1.165, 1.54) is 5.69 Å². The van der Waals surface area contributed by atoms with Gasteiger partial charge in [0.2, 0.25) is 0 Å². The van der Waals surface area contributed by atoms with Gasteiger partial charge in [-0.05, 0) is 46.2 Å². The second-order valence-corrected chi connectivity index (χ2v) is 5.85. The minimum Gasteiger partial charge on any atom is -0.374 e. The lowest BCUT2D eigenvalue weighted by molar-refractivity contribution is -0.0383. The summed E-state index contributed by atoms with van der Waals surface area (Å²) in [6.07, 6.45) is 3.05. The standard InChI is InChI=1S/C16H31N3O/c1-7-10-17-15(16(4,5)20-9-3)12-14-11-13(8-2)18-19(14)6/h11,15,17H,7-10,12H2,1-6H3. The lowest BCUT2D eigenvalue weighted by Gasteiger charge is -2.35. The van der Waals surface area contributed by atoms with E-state index in [2.05, 4.69) is 51.1 Å². The predicted octanol–water partition coefficient (Wildman–Crippen LogP) is 2.71. The van der Waals surface area contributed by atoms with E-state index in [4.69, 9.17) is 4.74 Å². The van der Waals surface area contributed by atoms with Crippen LogP contribution in [-0.4, -0.2) is 34.6 Å². The van der Waals surface area contributed by atoms with Gasteiger partial charge < -0.3 is 10.1 Å². The molecular weight excluding hydrogens is 250 g/mol. The number of hydrogen-bond acceptors (Lipinski definition) is 3. The molecule has 0 bridgehead atoms. The van der Waals surface area contributed by atoms with Crippen LogP contribution in [0.3, 0.4) is 0 Å². The lowest BCUT2D eigenvalue weighted by atomic mass is 9.93. The fraction of sp³-hybridized carbons (Fsp3) is 0.812. The van der Waals surface area contributed by atoms with Crippen LogP contribution in [0.5, 0.6) is 0 Å². The van der Waals surface area contributed by atoms with Crippen molar-refractivity contribution >= 4 is 0 Å². The monoisotopic (exact) mass is 281 g/mol. The normalized spacial score (nSPS) is 13.7. The van der Waals surface area contributed by atoms with Crippen molar-refractivity contribution in [3.63, 3.8) is 0 Å². The van der Waals surface area contributed by atoms with E-state index in [1.807, 2.05) is 11.7 Å². The summed E-state index contributed by atoms with van der Waals surface area (Å²) in [5.74, 6) is 0. The highest BCUT2D eigenvalue weighted by Gasteiger charge is 2.30.